The lowest BCUT2D eigenvalue weighted by molar-refractivity contribution is 0.00899. The van der Waals surface area contributed by atoms with Gasteiger partial charge in [-0.3, -0.25) is 5.32 Å². The third-order valence-electron chi connectivity index (χ3n) is 3.38. The first kappa shape index (κ1) is 13.3. The molecular formula is C13H15FN2O4. The lowest BCUT2D eigenvalue weighted by Crippen LogP contribution is -2.38. The standard InChI is InChI=1S/C13H15FN2O4/c14-7-2-1-3-8(4-7)16-13(17)20-10-6-19-11-9(15)5-18-12(10)11/h1-4,9-12H,5-6,15H2,(H,16,17)/t9-,10+,11+,12+/m0/s1. The number of anilines is 1. The molecule has 3 rings (SSSR count). The Kier molecular flexibility index (Phi) is 3.56. The van der Waals surface area contributed by atoms with E-state index in [-0.39, 0.29) is 24.9 Å². The molecule has 1 aromatic carbocycles. The normalized spacial score (nSPS) is 31.9. The minimum Gasteiger partial charge on any atom is -0.441 e. The highest BCUT2D eigenvalue weighted by Gasteiger charge is 2.48. The number of ether oxygens (including phenoxy) is 3. The summed E-state index contributed by atoms with van der Waals surface area (Å²) in [7, 11) is 0. The quantitative estimate of drug-likeness (QED) is 0.841. The van der Waals surface area contributed by atoms with Crippen LogP contribution in [0.2, 0.25) is 0 Å². The maximum Gasteiger partial charge on any atom is 0.412 e. The number of halogens is 1. The van der Waals surface area contributed by atoms with E-state index < -0.39 is 18.0 Å². The number of amides is 1. The average molecular weight is 282 g/mol. The zero-order valence-corrected chi connectivity index (χ0v) is 10.6. The largest absolute Gasteiger partial charge is 0.441 e. The number of fused-ring (bicyclic) bond motifs is 1. The van der Waals surface area contributed by atoms with Crippen LogP contribution in [0, 0.1) is 5.82 Å². The van der Waals surface area contributed by atoms with Crippen LogP contribution in [-0.2, 0) is 14.2 Å². The molecule has 2 fully saturated rings. The molecule has 0 spiro atoms. The number of hydrogen-bond acceptors (Lipinski definition) is 5. The van der Waals surface area contributed by atoms with E-state index in [4.69, 9.17) is 19.9 Å². The highest BCUT2D eigenvalue weighted by molar-refractivity contribution is 5.84. The van der Waals surface area contributed by atoms with Gasteiger partial charge in [-0.1, -0.05) is 6.07 Å². The van der Waals surface area contributed by atoms with Gasteiger partial charge in [0.2, 0.25) is 0 Å². The summed E-state index contributed by atoms with van der Waals surface area (Å²) in [4.78, 5) is 11.8. The van der Waals surface area contributed by atoms with Crippen LogP contribution in [0.25, 0.3) is 0 Å². The molecule has 1 amide bonds. The zero-order valence-electron chi connectivity index (χ0n) is 10.6. The van der Waals surface area contributed by atoms with Crippen molar-refractivity contribution in [2.75, 3.05) is 18.5 Å². The van der Waals surface area contributed by atoms with Crippen molar-refractivity contribution in [3.8, 4) is 0 Å². The molecule has 0 aromatic heterocycles. The Morgan fingerprint density at radius 2 is 2.15 bits per heavy atom. The minimum atomic E-state index is -0.672. The van der Waals surface area contributed by atoms with E-state index in [0.717, 1.165) is 0 Å². The first-order chi connectivity index (χ1) is 9.63. The Bertz CT molecular complexity index is 513. The Morgan fingerprint density at radius 1 is 1.35 bits per heavy atom. The van der Waals surface area contributed by atoms with Gasteiger partial charge in [0.25, 0.3) is 0 Å². The van der Waals surface area contributed by atoms with E-state index in [2.05, 4.69) is 5.32 Å². The first-order valence-electron chi connectivity index (χ1n) is 6.35. The molecule has 20 heavy (non-hydrogen) atoms. The molecule has 2 aliphatic rings. The Balaban J connectivity index is 1.57. The van der Waals surface area contributed by atoms with Gasteiger partial charge in [0, 0.05) is 5.69 Å². The van der Waals surface area contributed by atoms with Gasteiger partial charge >= 0.3 is 6.09 Å². The summed E-state index contributed by atoms with van der Waals surface area (Å²) in [5, 5.41) is 2.46. The van der Waals surface area contributed by atoms with E-state index in [1.54, 1.807) is 6.07 Å². The predicted molar refractivity (Wildman–Crippen MR) is 67.7 cm³/mol. The van der Waals surface area contributed by atoms with E-state index in [9.17, 15) is 9.18 Å². The van der Waals surface area contributed by atoms with E-state index in [0.29, 0.717) is 12.3 Å². The van der Waals surface area contributed by atoms with E-state index >= 15 is 0 Å². The summed E-state index contributed by atoms with van der Waals surface area (Å²) in [5.41, 5.74) is 6.13. The molecule has 108 valence electrons. The van der Waals surface area contributed by atoms with Gasteiger partial charge in [-0.15, -0.1) is 0 Å². The van der Waals surface area contributed by atoms with Crippen molar-refractivity contribution in [1.82, 2.24) is 0 Å². The molecule has 2 aliphatic heterocycles. The highest BCUT2D eigenvalue weighted by Crippen LogP contribution is 2.28. The number of carbonyl (C=O) groups excluding carboxylic acids is 1. The molecular weight excluding hydrogens is 267 g/mol. The van der Waals surface area contributed by atoms with Crippen molar-refractivity contribution in [2.45, 2.75) is 24.4 Å². The Hall–Kier alpha value is -1.70. The zero-order chi connectivity index (χ0) is 14.1. The second kappa shape index (κ2) is 5.35. The summed E-state index contributed by atoms with van der Waals surface area (Å²) in [5.74, 6) is -0.433. The summed E-state index contributed by atoms with van der Waals surface area (Å²) in [6.07, 6.45) is -1.73. The molecule has 2 heterocycles. The van der Waals surface area contributed by atoms with Crippen LogP contribution in [0.3, 0.4) is 0 Å². The molecule has 1 aromatic rings. The number of benzene rings is 1. The summed E-state index contributed by atoms with van der Waals surface area (Å²) < 4.78 is 29.1. The fraction of sp³-hybridized carbons (Fsp3) is 0.462. The summed E-state index contributed by atoms with van der Waals surface area (Å²) in [6, 6.07) is 5.37. The fourth-order valence-electron chi connectivity index (χ4n) is 2.45. The van der Waals surface area contributed by atoms with Crippen molar-refractivity contribution in [2.24, 2.45) is 5.73 Å². The van der Waals surface area contributed by atoms with Crippen LogP contribution >= 0.6 is 0 Å². The lowest BCUT2D eigenvalue weighted by Gasteiger charge is -2.17. The Morgan fingerprint density at radius 3 is 2.95 bits per heavy atom. The molecule has 7 heteroatoms. The van der Waals surface area contributed by atoms with Crippen LogP contribution in [0.5, 0.6) is 0 Å². The second-order valence-corrected chi connectivity index (χ2v) is 4.84. The third-order valence-corrected chi connectivity index (χ3v) is 3.38. The van der Waals surface area contributed by atoms with Gasteiger partial charge in [-0.2, -0.15) is 0 Å². The van der Waals surface area contributed by atoms with Gasteiger partial charge in [-0.25, -0.2) is 9.18 Å². The van der Waals surface area contributed by atoms with Crippen LogP contribution in [0.15, 0.2) is 24.3 Å². The monoisotopic (exact) mass is 282 g/mol. The van der Waals surface area contributed by atoms with Crippen molar-refractivity contribution < 1.29 is 23.4 Å². The minimum absolute atomic E-state index is 0.195. The SMILES string of the molecule is N[C@H]1CO[C@H]2[C@@H]1OC[C@H]2OC(=O)Nc1cccc(F)c1. The number of rotatable bonds is 2. The molecule has 0 saturated carbocycles. The molecule has 0 bridgehead atoms. The molecule has 0 unspecified atom stereocenters. The molecule has 2 saturated heterocycles. The van der Waals surface area contributed by atoms with Gasteiger partial charge in [0.15, 0.2) is 6.10 Å². The second-order valence-electron chi connectivity index (χ2n) is 4.84. The maximum absolute atomic E-state index is 13.0. The number of nitrogens with one attached hydrogen (secondary N) is 1. The maximum atomic E-state index is 13.0. The molecule has 4 atom stereocenters. The number of carbonyl (C=O) groups is 1. The van der Waals surface area contributed by atoms with Gasteiger partial charge in [0.05, 0.1) is 19.3 Å². The highest BCUT2D eigenvalue weighted by atomic mass is 19.1. The van der Waals surface area contributed by atoms with Gasteiger partial charge in [0.1, 0.15) is 18.0 Å². The van der Waals surface area contributed by atoms with Crippen molar-refractivity contribution in [1.29, 1.82) is 0 Å². The van der Waals surface area contributed by atoms with Crippen LogP contribution < -0.4 is 11.1 Å². The van der Waals surface area contributed by atoms with Crippen LogP contribution in [0.1, 0.15) is 0 Å². The van der Waals surface area contributed by atoms with Crippen LogP contribution in [0.4, 0.5) is 14.9 Å². The molecule has 6 nitrogen and oxygen atoms in total. The molecule has 0 radical (unpaired) electrons. The predicted octanol–water partition coefficient (Wildman–Crippen LogP) is 0.868. The third kappa shape index (κ3) is 2.60. The summed E-state index contributed by atoms with van der Waals surface area (Å²) >= 11 is 0. The van der Waals surface area contributed by atoms with Crippen molar-refractivity contribution >= 4 is 11.8 Å². The van der Waals surface area contributed by atoms with Crippen molar-refractivity contribution in [3.05, 3.63) is 30.1 Å². The Labute approximate surface area is 115 Å². The van der Waals surface area contributed by atoms with E-state index in [1.807, 2.05) is 0 Å². The van der Waals surface area contributed by atoms with Gasteiger partial charge < -0.3 is 19.9 Å². The first-order valence-corrected chi connectivity index (χ1v) is 6.35. The fourth-order valence-corrected chi connectivity index (χ4v) is 2.45. The smallest absolute Gasteiger partial charge is 0.412 e. The van der Waals surface area contributed by atoms with Crippen molar-refractivity contribution in [3.63, 3.8) is 0 Å². The topological polar surface area (TPSA) is 82.8 Å². The van der Waals surface area contributed by atoms with E-state index in [1.165, 1.54) is 18.2 Å². The average Bonchev–Trinajstić information content (AvgIpc) is 2.94. The molecule has 3 N–H and O–H groups in total. The number of nitrogens with two attached hydrogens (primary N) is 1. The van der Waals surface area contributed by atoms with Gasteiger partial charge in [-0.05, 0) is 18.2 Å². The summed E-state index contributed by atoms with van der Waals surface area (Å²) in [6.45, 7) is 0.639. The lowest BCUT2D eigenvalue weighted by atomic mass is 10.1. The van der Waals surface area contributed by atoms with Crippen LogP contribution in [-0.4, -0.2) is 43.7 Å². The number of hydrogen-bond donors (Lipinski definition) is 2. The molecule has 0 aliphatic carbocycles.